The Morgan fingerprint density at radius 3 is 1.92 bits per heavy atom. The molecule has 0 bridgehead atoms. The van der Waals surface area contributed by atoms with Crippen molar-refractivity contribution in [3.8, 4) is 11.1 Å². The van der Waals surface area contributed by atoms with E-state index < -0.39 is 68.4 Å². The lowest BCUT2D eigenvalue weighted by molar-refractivity contribution is -0.161. The van der Waals surface area contributed by atoms with Gasteiger partial charge in [0.1, 0.15) is 17.0 Å². The lowest BCUT2D eigenvalue weighted by atomic mass is 9.94. The Kier molecular flexibility index (Phi) is 11.9. The number of sulfone groups is 1. The zero-order valence-corrected chi connectivity index (χ0v) is 34.0. The monoisotopic (exact) mass is 828 g/mol. The lowest BCUT2D eigenvalue weighted by Gasteiger charge is -2.39. The summed E-state index contributed by atoms with van der Waals surface area (Å²) in [6.07, 6.45) is 0.205. The van der Waals surface area contributed by atoms with Gasteiger partial charge in [-0.3, -0.25) is 9.78 Å². The predicted octanol–water partition coefficient (Wildman–Crippen LogP) is 6.58. The fourth-order valence-electron chi connectivity index (χ4n) is 7.37. The van der Waals surface area contributed by atoms with Gasteiger partial charge in [0.15, 0.2) is 27.4 Å². The number of nitrogens with zero attached hydrogens (tertiary/aromatic N) is 2. The molecule has 0 aliphatic carbocycles. The molecule has 0 spiro atoms. The minimum atomic E-state index is -4.45. The van der Waals surface area contributed by atoms with Crippen molar-refractivity contribution in [1.82, 2.24) is 20.5 Å². The van der Waals surface area contributed by atoms with Crippen LogP contribution in [0.4, 0.5) is 9.59 Å². The molecule has 2 aliphatic heterocycles. The summed E-state index contributed by atoms with van der Waals surface area (Å²) in [6.45, 7) is 3.84. The van der Waals surface area contributed by atoms with Crippen LogP contribution in [0.2, 0.25) is 0 Å². The van der Waals surface area contributed by atoms with Gasteiger partial charge < -0.3 is 29.7 Å². The molecule has 4 aromatic carbocycles. The summed E-state index contributed by atoms with van der Waals surface area (Å²) in [5.41, 5.74) is 3.40. The normalized spacial score (nSPS) is 19.8. The quantitative estimate of drug-likeness (QED) is 0.0435. The van der Waals surface area contributed by atoms with E-state index in [9.17, 15) is 27.6 Å². The van der Waals surface area contributed by atoms with Crippen LogP contribution in [0.15, 0.2) is 145 Å². The topological polar surface area (TPSA) is 170 Å². The first-order chi connectivity index (χ1) is 28.8. The molecule has 3 heterocycles. The summed E-state index contributed by atoms with van der Waals surface area (Å²) in [4.78, 5) is 59.1. The molecule has 308 valence electrons. The smallest absolute Gasteiger partial charge is 0.408 e. The maximum Gasteiger partial charge on any atom is 0.408 e. The van der Waals surface area contributed by atoms with E-state index in [1.165, 1.54) is 19.2 Å². The highest BCUT2D eigenvalue weighted by Gasteiger charge is 2.73. The molecule has 3 atom stereocenters. The zero-order chi connectivity index (χ0) is 42.5. The Morgan fingerprint density at radius 2 is 1.33 bits per heavy atom. The fourth-order valence-corrected chi connectivity index (χ4v) is 9.65. The standard InChI is InChI=1S/C46H44N4O9S/c1-45(2,35-24-22-32(23-25-35)31-15-7-4-8-16-31)59-44(54)49-28-27-48-43(53)57-30-46(3)39(42(52)58-38(33-17-9-5-10-18-33)34-19-11-6-12-20-34)50-40(51)37(41(50)60(46,55)56)29-36-21-13-14-26-47-36/h4-26,29,38-39,41H,27-28,30H2,1-3H3,(H,48,53)(H,49,54)/b37-29-/t39-,41?,46-/m0/s1. The highest BCUT2D eigenvalue weighted by atomic mass is 32.2. The second kappa shape index (κ2) is 17.2. The van der Waals surface area contributed by atoms with Crippen LogP contribution >= 0.6 is 0 Å². The molecule has 1 aromatic heterocycles. The second-order valence-electron chi connectivity index (χ2n) is 15.1. The Hall–Kier alpha value is -6.80. The predicted molar refractivity (Wildman–Crippen MR) is 224 cm³/mol. The van der Waals surface area contributed by atoms with E-state index in [0.717, 1.165) is 21.6 Å². The SMILES string of the molecule is CC(C)(OC(=O)NCCNC(=O)OC[C@@]1(C)[C@H](C(=O)OC(c2ccccc2)c2ccccc2)N2C(=O)/C(=C/c3ccccn3)C2S1(=O)=O)c1ccc(-c2ccccc2)cc1. The van der Waals surface area contributed by atoms with Crippen molar-refractivity contribution in [2.75, 3.05) is 19.7 Å². The molecule has 0 saturated carbocycles. The first kappa shape index (κ1) is 41.4. The zero-order valence-electron chi connectivity index (χ0n) is 33.2. The molecule has 2 N–H and O–H groups in total. The number of hydrogen-bond donors (Lipinski definition) is 2. The van der Waals surface area contributed by atoms with Crippen molar-refractivity contribution in [3.05, 3.63) is 168 Å². The highest BCUT2D eigenvalue weighted by molar-refractivity contribution is 7.94. The number of ether oxygens (including phenoxy) is 3. The summed E-state index contributed by atoms with van der Waals surface area (Å²) < 4.78 is 44.1. The van der Waals surface area contributed by atoms with E-state index >= 15 is 0 Å². The van der Waals surface area contributed by atoms with Crippen molar-refractivity contribution in [3.63, 3.8) is 0 Å². The number of hydrogen-bond acceptors (Lipinski definition) is 10. The number of aromatic nitrogens is 1. The minimum absolute atomic E-state index is 0.0478. The largest absolute Gasteiger partial charge is 0.451 e. The number of rotatable bonds is 13. The molecule has 7 rings (SSSR count). The minimum Gasteiger partial charge on any atom is -0.451 e. The molecule has 0 radical (unpaired) electrons. The Bertz CT molecular complexity index is 2450. The van der Waals surface area contributed by atoms with E-state index in [2.05, 4.69) is 15.6 Å². The lowest BCUT2D eigenvalue weighted by Crippen LogP contribution is -2.60. The molecule has 1 unspecified atom stereocenters. The molecule has 3 amide bonds. The van der Waals surface area contributed by atoms with Gasteiger partial charge in [-0.25, -0.2) is 22.8 Å². The molecule has 2 fully saturated rings. The first-order valence-corrected chi connectivity index (χ1v) is 20.9. The maximum absolute atomic E-state index is 14.5. The van der Waals surface area contributed by atoms with Crippen LogP contribution in [0.3, 0.4) is 0 Å². The fraction of sp³-hybridized carbons (Fsp3) is 0.239. The van der Waals surface area contributed by atoms with Crippen LogP contribution in [0.25, 0.3) is 17.2 Å². The van der Waals surface area contributed by atoms with Gasteiger partial charge >= 0.3 is 18.2 Å². The number of esters is 1. The van der Waals surface area contributed by atoms with Crippen molar-refractivity contribution in [2.24, 2.45) is 0 Å². The van der Waals surface area contributed by atoms with Gasteiger partial charge in [-0.05, 0) is 66.8 Å². The van der Waals surface area contributed by atoms with E-state index in [1.807, 2.05) is 66.7 Å². The van der Waals surface area contributed by atoms with Gasteiger partial charge in [-0.15, -0.1) is 0 Å². The van der Waals surface area contributed by atoms with Crippen molar-refractivity contribution in [2.45, 2.75) is 48.6 Å². The summed E-state index contributed by atoms with van der Waals surface area (Å²) in [5, 5.41) is 3.56. The second-order valence-corrected chi connectivity index (χ2v) is 17.6. The van der Waals surface area contributed by atoms with E-state index in [4.69, 9.17) is 14.2 Å². The number of alkyl carbamates (subject to hydrolysis) is 2. The molecular formula is C46H44N4O9S. The summed E-state index contributed by atoms with van der Waals surface area (Å²) in [5.74, 6) is -1.68. The average Bonchev–Trinajstić information content (AvgIpc) is 3.43. The summed E-state index contributed by atoms with van der Waals surface area (Å²) >= 11 is 0. The third kappa shape index (κ3) is 8.36. The van der Waals surface area contributed by atoms with Gasteiger partial charge in [0.2, 0.25) is 0 Å². The van der Waals surface area contributed by atoms with Crippen molar-refractivity contribution < 1.29 is 41.8 Å². The van der Waals surface area contributed by atoms with Crippen LogP contribution in [-0.2, 0) is 39.2 Å². The van der Waals surface area contributed by atoms with Crippen LogP contribution < -0.4 is 10.6 Å². The maximum atomic E-state index is 14.5. The van der Waals surface area contributed by atoms with Crippen LogP contribution in [0.1, 0.15) is 49.3 Å². The van der Waals surface area contributed by atoms with E-state index in [0.29, 0.717) is 16.8 Å². The number of fused-ring (bicyclic) bond motifs is 1. The number of benzene rings is 4. The van der Waals surface area contributed by atoms with Gasteiger partial charge in [0.05, 0.1) is 11.3 Å². The highest BCUT2D eigenvalue weighted by Crippen LogP contribution is 2.50. The number of carbonyl (C=O) groups is 4. The molecule has 14 heteroatoms. The van der Waals surface area contributed by atoms with Gasteiger partial charge in [-0.1, -0.05) is 121 Å². The molecule has 2 aliphatic rings. The van der Waals surface area contributed by atoms with Crippen molar-refractivity contribution >= 4 is 40.0 Å². The van der Waals surface area contributed by atoms with E-state index in [-0.39, 0.29) is 18.7 Å². The molecule has 2 saturated heterocycles. The van der Waals surface area contributed by atoms with Crippen LogP contribution in [-0.4, -0.2) is 78.2 Å². The summed E-state index contributed by atoms with van der Waals surface area (Å²) in [6, 6.07) is 38.7. The molecule has 13 nitrogen and oxygen atoms in total. The molecule has 60 heavy (non-hydrogen) atoms. The third-order valence-corrected chi connectivity index (χ3v) is 13.4. The Morgan fingerprint density at radius 1 is 0.783 bits per heavy atom. The molecular weight excluding hydrogens is 785 g/mol. The van der Waals surface area contributed by atoms with Gasteiger partial charge in [-0.2, -0.15) is 0 Å². The Balaban J connectivity index is 1.02. The van der Waals surface area contributed by atoms with Gasteiger partial charge in [0, 0.05) is 19.3 Å². The Labute approximate surface area is 348 Å². The average molecular weight is 829 g/mol. The van der Waals surface area contributed by atoms with Crippen molar-refractivity contribution in [1.29, 1.82) is 0 Å². The van der Waals surface area contributed by atoms with Crippen LogP contribution in [0.5, 0.6) is 0 Å². The molecule has 5 aromatic rings. The first-order valence-electron chi connectivity index (χ1n) is 19.3. The van der Waals surface area contributed by atoms with E-state index in [1.54, 1.807) is 80.6 Å². The van der Waals surface area contributed by atoms with Gasteiger partial charge in [0.25, 0.3) is 5.91 Å². The number of nitrogens with one attached hydrogen (secondary N) is 2. The number of amides is 3. The number of carbonyl (C=O) groups excluding carboxylic acids is 4. The van der Waals surface area contributed by atoms with Crippen LogP contribution in [0, 0.1) is 0 Å². The number of pyridine rings is 1. The summed E-state index contributed by atoms with van der Waals surface area (Å²) in [7, 11) is -4.45. The number of β-lactam (4-membered cyclic amide) rings is 1. The third-order valence-electron chi connectivity index (χ3n) is 10.6.